The van der Waals surface area contributed by atoms with E-state index >= 15 is 0 Å². The monoisotopic (exact) mass is 659 g/mol. The Kier molecular flexibility index (Phi) is 11.7. The molecular weight excluding hydrogens is 618 g/mol. The summed E-state index contributed by atoms with van der Waals surface area (Å²) in [4.78, 5) is 30.2. The summed E-state index contributed by atoms with van der Waals surface area (Å²) in [6.07, 6.45) is 0.966. The summed E-state index contributed by atoms with van der Waals surface area (Å²) in [5.41, 5.74) is 4.54. The lowest BCUT2D eigenvalue weighted by Crippen LogP contribution is -2.54. The van der Waals surface area contributed by atoms with E-state index in [-0.39, 0.29) is 29.8 Å². The van der Waals surface area contributed by atoms with Crippen molar-refractivity contribution in [3.8, 4) is 0 Å². The molecule has 0 aromatic heterocycles. The number of sulfonamides is 1. The second-order valence-corrected chi connectivity index (χ2v) is 14.1. The van der Waals surface area contributed by atoms with Gasteiger partial charge in [-0.05, 0) is 75.1 Å². The van der Waals surface area contributed by atoms with Crippen LogP contribution >= 0.6 is 11.6 Å². The third-order valence-electron chi connectivity index (χ3n) is 8.04. The van der Waals surface area contributed by atoms with Crippen LogP contribution in [0.5, 0.6) is 0 Å². The standard InChI is InChI=1S/C37H42ClN3O4S/c1-6-29(5)39-37(43)35(22-30-12-8-7-9-13-30)40(24-31-14-10-11-27(3)21-31)36(42)25-41(34-23-32(38)18-17-28(34)4)46(44,45)33-19-15-26(2)16-20-33/h7-21,23,29,35H,6,22,24-25H2,1-5H3,(H,39,43)/t29-,35+/m1/s1. The molecule has 0 fully saturated rings. The van der Waals surface area contributed by atoms with E-state index in [2.05, 4.69) is 5.32 Å². The van der Waals surface area contributed by atoms with Crippen LogP contribution in [0.15, 0.2) is 102 Å². The summed E-state index contributed by atoms with van der Waals surface area (Å²) in [5, 5.41) is 3.40. The van der Waals surface area contributed by atoms with E-state index in [1.165, 1.54) is 17.0 Å². The van der Waals surface area contributed by atoms with Gasteiger partial charge in [0.2, 0.25) is 11.8 Å². The molecule has 4 aromatic rings. The molecule has 0 unspecified atom stereocenters. The highest BCUT2D eigenvalue weighted by molar-refractivity contribution is 7.92. The predicted octanol–water partition coefficient (Wildman–Crippen LogP) is 7.02. The van der Waals surface area contributed by atoms with Crippen molar-refractivity contribution in [2.75, 3.05) is 10.8 Å². The number of hydrogen-bond acceptors (Lipinski definition) is 4. The molecule has 1 N–H and O–H groups in total. The first kappa shape index (κ1) is 34.7. The molecule has 0 saturated heterocycles. The predicted molar refractivity (Wildman–Crippen MR) is 185 cm³/mol. The largest absolute Gasteiger partial charge is 0.352 e. The zero-order chi connectivity index (χ0) is 33.4. The van der Waals surface area contributed by atoms with Gasteiger partial charge < -0.3 is 10.2 Å². The van der Waals surface area contributed by atoms with Crippen LogP contribution < -0.4 is 9.62 Å². The Balaban J connectivity index is 1.84. The van der Waals surface area contributed by atoms with Crippen molar-refractivity contribution in [2.24, 2.45) is 0 Å². The number of carbonyl (C=O) groups excluding carboxylic acids is 2. The zero-order valence-electron chi connectivity index (χ0n) is 27.0. The van der Waals surface area contributed by atoms with E-state index in [0.717, 1.165) is 26.6 Å². The van der Waals surface area contributed by atoms with Gasteiger partial charge in [-0.25, -0.2) is 8.42 Å². The average Bonchev–Trinajstić information content (AvgIpc) is 3.03. The molecule has 9 heteroatoms. The van der Waals surface area contributed by atoms with Crippen molar-refractivity contribution >= 4 is 39.1 Å². The van der Waals surface area contributed by atoms with Crippen molar-refractivity contribution in [3.63, 3.8) is 0 Å². The number of benzene rings is 4. The number of rotatable bonds is 13. The van der Waals surface area contributed by atoms with Gasteiger partial charge in [-0.2, -0.15) is 0 Å². The zero-order valence-corrected chi connectivity index (χ0v) is 28.6. The van der Waals surface area contributed by atoms with Gasteiger partial charge in [0.1, 0.15) is 12.6 Å². The molecule has 2 atom stereocenters. The molecule has 7 nitrogen and oxygen atoms in total. The van der Waals surface area contributed by atoms with E-state index in [1.807, 2.05) is 82.3 Å². The topological polar surface area (TPSA) is 86.8 Å². The van der Waals surface area contributed by atoms with Gasteiger partial charge in [-0.3, -0.25) is 13.9 Å². The Hall–Kier alpha value is -4.14. The minimum Gasteiger partial charge on any atom is -0.352 e. The van der Waals surface area contributed by atoms with Crippen LogP contribution in [0.4, 0.5) is 5.69 Å². The van der Waals surface area contributed by atoms with Gasteiger partial charge in [0.25, 0.3) is 10.0 Å². The molecule has 0 aliphatic rings. The summed E-state index contributed by atoms with van der Waals surface area (Å²) in [6.45, 7) is 9.08. The van der Waals surface area contributed by atoms with Crippen LogP contribution in [-0.2, 0) is 32.6 Å². The molecule has 0 aliphatic carbocycles. The van der Waals surface area contributed by atoms with Crippen LogP contribution in [0.2, 0.25) is 5.02 Å². The summed E-state index contributed by atoms with van der Waals surface area (Å²) < 4.78 is 29.7. The second-order valence-electron chi connectivity index (χ2n) is 11.8. The quantitative estimate of drug-likeness (QED) is 0.167. The second kappa shape index (κ2) is 15.4. The number of carbonyl (C=O) groups is 2. The Morgan fingerprint density at radius 3 is 2.15 bits per heavy atom. The van der Waals surface area contributed by atoms with Crippen LogP contribution in [0.1, 0.15) is 48.1 Å². The summed E-state index contributed by atoms with van der Waals surface area (Å²) in [5.74, 6) is -0.817. The van der Waals surface area contributed by atoms with Crippen LogP contribution in [0.25, 0.3) is 0 Å². The first-order valence-corrected chi connectivity index (χ1v) is 17.3. The van der Waals surface area contributed by atoms with Crippen LogP contribution in [-0.4, -0.2) is 43.8 Å². The molecule has 0 aliphatic heterocycles. The van der Waals surface area contributed by atoms with E-state index in [1.54, 1.807) is 37.3 Å². The maximum absolute atomic E-state index is 14.6. The molecule has 242 valence electrons. The van der Waals surface area contributed by atoms with Gasteiger partial charge in [0.05, 0.1) is 10.6 Å². The van der Waals surface area contributed by atoms with Crippen molar-refractivity contribution in [2.45, 2.75) is 71.0 Å². The average molecular weight is 660 g/mol. The maximum atomic E-state index is 14.6. The highest BCUT2D eigenvalue weighted by Crippen LogP contribution is 2.30. The number of amides is 2. The third-order valence-corrected chi connectivity index (χ3v) is 10.0. The van der Waals surface area contributed by atoms with Gasteiger partial charge in [0.15, 0.2) is 0 Å². The molecule has 0 spiro atoms. The lowest BCUT2D eigenvalue weighted by Gasteiger charge is -2.34. The van der Waals surface area contributed by atoms with Gasteiger partial charge in [-0.1, -0.05) is 102 Å². The van der Waals surface area contributed by atoms with Crippen LogP contribution in [0, 0.1) is 20.8 Å². The van der Waals surface area contributed by atoms with Crippen molar-refractivity contribution in [3.05, 3.63) is 130 Å². The molecular formula is C37H42ClN3O4S. The van der Waals surface area contributed by atoms with E-state index in [0.29, 0.717) is 22.7 Å². The summed E-state index contributed by atoms with van der Waals surface area (Å²) >= 11 is 6.37. The number of nitrogens with zero attached hydrogens (tertiary/aromatic N) is 2. The fourth-order valence-corrected chi connectivity index (χ4v) is 6.84. The summed E-state index contributed by atoms with van der Waals surface area (Å²) in [6, 6.07) is 27.7. The molecule has 0 heterocycles. The normalized spacial score (nSPS) is 12.7. The minimum atomic E-state index is -4.22. The smallest absolute Gasteiger partial charge is 0.264 e. The number of aryl methyl sites for hydroxylation is 3. The van der Waals surface area contributed by atoms with Crippen molar-refractivity contribution < 1.29 is 18.0 Å². The highest BCUT2D eigenvalue weighted by Gasteiger charge is 2.35. The number of hydrogen-bond donors (Lipinski definition) is 1. The first-order valence-electron chi connectivity index (χ1n) is 15.4. The molecule has 4 rings (SSSR count). The number of anilines is 1. The molecule has 0 bridgehead atoms. The minimum absolute atomic E-state index is 0.0471. The number of nitrogens with one attached hydrogen (secondary N) is 1. The molecule has 0 radical (unpaired) electrons. The van der Waals surface area contributed by atoms with Crippen LogP contribution in [0.3, 0.4) is 0 Å². The van der Waals surface area contributed by atoms with Gasteiger partial charge in [-0.15, -0.1) is 0 Å². The molecule has 0 saturated carbocycles. The lowest BCUT2D eigenvalue weighted by molar-refractivity contribution is -0.140. The number of halogens is 1. The lowest BCUT2D eigenvalue weighted by atomic mass is 10.0. The summed E-state index contributed by atoms with van der Waals surface area (Å²) in [7, 11) is -4.22. The van der Waals surface area contributed by atoms with E-state index < -0.39 is 28.5 Å². The third kappa shape index (κ3) is 8.77. The van der Waals surface area contributed by atoms with Gasteiger partial charge in [0, 0.05) is 24.0 Å². The first-order chi connectivity index (χ1) is 21.9. The Bertz CT molecular complexity index is 1760. The SMILES string of the molecule is CC[C@@H](C)NC(=O)[C@H](Cc1ccccc1)N(Cc1cccc(C)c1)C(=O)CN(c1cc(Cl)ccc1C)S(=O)(=O)c1ccc(C)cc1. The molecule has 46 heavy (non-hydrogen) atoms. The Morgan fingerprint density at radius 2 is 1.50 bits per heavy atom. The molecule has 2 amide bonds. The van der Waals surface area contributed by atoms with Crippen molar-refractivity contribution in [1.29, 1.82) is 0 Å². The Morgan fingerprint density at radius 1 is 0.826 bits per heavy atom. The Labute approximate surface area is 278 Å². The maximum Gasteiger partial charge on any atom is 0.264 e. The molecule has 4 aromatic carbocycles. The fourth-order valence-electron chi connectivity index (χ4n) is 5.20. The van der Waals surface area contributed by atoms with E-state index in [4.69, 9.17) is 11.6 Å². The fraction of sp³-hybridized carbons (Fsp3) is 0.297. The highest BCUT2D eigenvalue weighted by atomic mass is 35.5. The van der Waals surface area contributed by atoms with Crippen molar-refractivity contribution in [1.82, 2.24) is 10.2 Å². The van der Waals surface area contributed by atoms with Gasteiger partial charge >= 0.3 is 0 Å². The van der Waals surface area contributed by atoms with E-state index in [9.17, 15) is 18.0 Å².